The van der Waals surface area contributed by atoms with Crippen molar-refractivity contribution in [2.75, 3.05) is 11.9 Å². The Morgan fingerprint density at radius 2 is 1.71 bits per heavy atom. The van der Waals surface area contributed by atoms with Crippen LogP contribution in [0.4, 0.5) is 10.1 Å². The number of aryl methyl sites for hydroxylation is 1. The summed E-state index contributed by atoms with van der Waals surface area (Å²) >= 11 is 1.14. The van der Waals surface area contributed by atoms with Crippen molar-refractivity contribution in [3.8, 4) is 0 Å². The van der Waals surface area contributed by atoms with Crippen molar-refractivity contribution in [3.05, 3.63) is 76.0 Å². The first kappa shape index (κ1) is 19.6. The first-order valence-electron chi connectivity index (χ1n) is 8.80. The van der Waals surface area contributed by atoms with Crippen molar-refractivity contribution in [3.63, 3.8) is 0 Å². The Morgan fingerprint density at radius 1 is 0.964 bits per heavy atom. The van der Waals surface area contributed by atoms with E-state index in [9.17, 15) is 14.0 Å². The highest BCUT2D eigenvalue weighted by atomic mass is 32.1. The largest absolute Gasteiger partial charge is 0.356 e. The molecule has 0 aliphatic rings. The molecule has 2 aromatic carbocycles. The van der Waals surface area contributed by atoms with Crippen LogP contribution in [0.2, 0.25) is 0 Å². The quantitative estimate of drug-likeness (QED) is 0.610. The van der Waals surface area contributed by atoms with Crippen LogP contribution in [0.5, 0.6) is 0 Å². The van der Waals surface area contributed by atoms with Gasteiger partial charge in [0, 0.05) is 25.1 Å². The fourth-order valence-electron chi connectivity index (χ4n) is 2.46. The highest BCUT2D eigenvalue weighted by Crippen LogP contribution is 2.15. The lowest BCUT2D eigenvalue weighted by atomic mass is 10.1. The molecule has 0 bridgehead atoms. The second-order valence-electron chi connectivity index (χ2n) is 6.05. The number of nitrogens with one attached hydrogen (secondary N) is 2. The van der Waals surface area contributed by atoms with Gasteiger partial charge >= 0.3 is 0 Å². The predicted octanol–water partition coefficient (Wildman–Crippen LogP) is 3.22. The van der Waals surface area contributed by atoms with Crippen LogP contribution in [0.25, 0.3) is 0 Å². The smallest absolute Gasteiger partial charge is 0.286 e. The molecule has 0 unspecified atom stereocenters. The molecule has 2 N–H and O–H groups in total. The number of carbonyl (C=O) groups is 2. The molecule has 8 heteroatoms. The number of rotatable bonds is 8. The molecule has 0 fully saturated rings. The van der Waals surface area contributed by atoms with Crippen LogP contribution in [0.15, 0.2) is 54.6 Å². The minimum absolute atomic E-state index is 0.0663. The van der Waals surface area contributed by atoms with Crippen molar-refractivity contribution in [1.29, 1.82) is 0 Å². The van der Waals surface area contributed by atoms with Crippen LogP contribution in [0.1, 0.15) is 26.8 Å². The van der Waals surface area contributed by atoms with Gasteiger partial charge in [-0.05, 0) is 36.2 Å². The predicted molar refractivity (Wildman–Crippen MR) is 106 cm³/mol. The molecule has 0 atom stereocenters. The Kier molecular flexibility index (Phi) is 6.80. The van der Waals surface area contributed by atoms with Gasteiger partial charge in [0.25, 0.3) is 5.91 Å². The summed E-state index contributed by atoms with van der Waals surface area (Å²) in [5, 5.41) is 14.1. The van der Waals surface area contributed by atoms with Gasteiger partial charge in [-0.25, -0.2) is 4.39 Å². The molecule has 144 valence electrons. The molecule has 3 aromatic rings. The molecular formula is C20H19FN4O2S. The summed E-state index contributed by atoms with van der Waals surface area (Å²) in [6, 6.07) is 15.4. The van der Waals surface area contributed by atoms with Crippen molar-refractivity contribution >= 4 is 28.8 Å². The van der Waals surface area contributed by atoms with Crippen molar-refractivity contribution in [2.45, 2.75) is 19.3 Å². The molecular weight excluding hydrogens is 379 g/mol. The van der Waals surface area contributed by atoms with Crippen LogP contribution in [-0.2, 0) is 17.6 Å². The van der Waals surface area contributed by atoms with E-state index in [1.165, 1.54) is 29.8 Å². The molecule has 2 amide bonds. The summed E-state index contributed by atoms with van der Waals surface area (Å²) in [7, 11) is 0. The average Bonchev–Trinajstić information content (AvgIpc) is 3.18. The number of aromatic nitrogens is 2. The number of benzene rings is 2. The van der Waals surface area contributed by atoms with Crippen molar-refractivity contribution in [2.24, 2.45) is 0 Å². The topological polar surface area (TPSA) is 84.0 Å². The van der Waals surface area contributed by atoms with Gasteiger partial charge in [0.15, 0.2) is 0 Å². The Morgan fingerprint density at radius 3 is 2.46 bits per heavy atom. The van der Waals surface area contributed by atoms with E-state index >= 15 is 0 Å². The normalized spacial score (nSPS) is 10.5. The summed E-state index contributed by atoms with van der Waals surface area (Å²) in [5.74, 6) is -0.857. The van der Waals surface area contributed by atoms with Gasteiger partial charge in [-0.3, -0.25) is 9.59 Å². The number of nitrogens with zero attached hydrogens (tertiary/aromatic N) is 2. The summed E-state index contributed by atoms with van der Waals surface area (Å²) in [6.07, 6.45) is 1.47. The Bertz CT molecular complexity index is 929. The minimum atomic E-state index is -0.414. The lowest BCUT2D eigenvalue weighted by molar-refractivity contribution is -0.121. The zero-order valence-corrected chi connectivity index (χ0v) is 15.8. The van der Waals surface area contributed by atoms with E-state index in [1.54, 1.807) is 0 Å². The molecule has 0 spiro atoms. The lowest BCUT2D eigenvalue weighted by Gasteiger charge is -2.04. The van der Waals surface area contributed by atoms with Crippen LogP contribution < -0.4 is 10.6 Å². The number of carbonyl (C=O) groups excluding carboxylic acids is 2. The fourth-order valence-corrected chi connectivity index (χ4v) is 3.20. The molecule has 3 rings (SSSR count). The first-order chi connectivity index (χ1) is 13.6. The van der Waals surface area contributed by atoms with Crippen LogP contribution >= 0.6 is 11.3 Å². The van der Waals surface area contributed by atoms with Crippen LogP contribution in [-0.4, -0.2) is 28.6 Å². The van der Waals surface area contributed by atoms with Gasteiger partial charge in [0.1, 0.15) is 10.8 Å². The number of hydrogen-bond donors (Lipinski definition) is 2. The molecule has 1 aromatic heterocycles. The van der Waals surface area contributed by atoms with Crippen molar-refractivity contribution < 1.29 is 14.0 Å². The molecule has 28 heavy (non-hydrogen) atoms. The molecule has 0 aliphatic carbocycles. The molecule has 0 aliphatic heterocycles. The van der Waals surface area contributed by atoms with Crippen LogP contribution in [0, 0.1) is 5.82 Å². The number of halogens is 1. The second-order valence-corrected chi connectivity index (χ2v) is 7.11. The highest BCUT2D eigenvalue weighted by Gasteiger charge is 2.14. The Balaban J connectivity index is 1.41. The third-order valence-corrected chi connectivity index (χ3v) is 4.89. The standard InChI is InChI=1S/C20H19FN4O2S/c21-15-6-8-16(9-7-15)23-19(27)20-25-24-18(28-20)11-10-17(26)22-13-12-14-4-2-1-3-5-14/h1-9H,10-13H2,(H,22,26)(H,23,27). The van der Waals surface area contributed by atoms with E-state index in [-0.39, 0.29) is 23.2 Å². The van der Waals surface area contributed by atoms with Gasteiger partial charge in [-0.1, -0.05) is 41.7 Å². The third kappa shape index (κ3) is 5.95. The van der Waals surface area contributed by atoms with Crippen molar-refractivity contribution in [1.82, 2.24) is 15.5 Å². The fraction of sp³-hybridized carbons (Fsp3) is 0.200. The highest BCUT2D eigenvalue weighted by molar-refractivity contribution is 7.13. The number of amides is 2. The van der Waals surface area contributed by atoms with E-state index < -0.39 is 5.91 Å². The Labute approximate surface area is 165 Å². The van der Waals surface area contributed by atoms with Gasteiger partial charge in [-0.15, -0.1) is 10.2 Å². The maximum atomic E-state index is 12.9. The van der Waals surface area contributed by atoms with Gasteiger partial charge < -0.3 is 10.6 Å². The molecule has 0 saturated carbocycles. The molecule has 6 nitrogen and oxygen atoms in total. The number of hydrogen-bond acceptors (Lipinski definition) is 5. The van der Waals surface area contributed by atoms with E-state index in [2.05, 4.69) is 20.8 Å². The zero-order valence-electron chi connectivity index (χ0n) is 15.0. The van der Waals surface area contributed by atoms with Gasteiger partial charge in [0.05, 0.1) is 0 Å². The third-order valence-electron chi connectivity index (χ3n) is 3.91. The molecule has 1 heterocycles. The number of anilines is 1. The first-order valence-corrected chi connectivity index (χ1v) is 9.62. The minimum Gasteiger partial charge on any atom is -0.356 e. The summed E-state index contributed by atoms with van der Waals surface area (Å²) in [6.45, 7) is 0.574. The second kappa shape index (κ2) is 9.70. The van der Waals surface area contributed by atoms with E-state index in [0.29, 0.717) is 23.7 Å². The zero-order chi connectivity index (χ0) is 19.8. The van der Waals surface area contributed by atoms with E-state index in [0.717, 1.165) is 17.8 Å². The Hall–Kier alpha value is -3.13. The summed E-state index contributed by atoms with van der Waals surface area (Å²) in [4.78, 5) is 24.1. The van der Waals surface area contributed by atoms with E-state index in [4.69, 9.17) is 0 Å². The van der Waals surface area contributed by atoms with Gasteiger partial charge in [-0.2, -0.15) is 0 Å². The lowest BCUT2D eigenvalue weighted by Crippen LogP contribution is -2.25. The van der Waals surface area contributed by atoms with Crippen LogP contribution in [0.3, 0.4) is 0 Å². The molecule has 0 saturated heterocycles. The average molecular weight is 398 g/mol. The maximum absolute atomic E-state index is 12.9. The van der Waals surface area contributed by atoms with E-state index in [1.807, 2.05) is 30.3 Å². The summed E-state index contributed by atoms with van der Waals surface area (Å²) < 4.78 is 12.9. The maximum Gasteiger partial charge on any atom is 0.286 e. The van der Waals surface area contributed by atoms with Gasteiger partial charge in [0.2, 0.25) is 10.9 Å². The SMILES string of the molecule is O=C(CCc1nnc(C(=O)Nc2ccc(F)cc2)s1)NCCc1ccccc1. The monoisotopic (exact) mass is 398 g/mol. The molecule has 0 radical (unpaired) electrons. The summed E-state index contributed by atoms with van der Waals surface area (Å²) in [5.41, 5.74) is 1.64.